The lowest BCUT2D eigenvalue weighted by Gasteiger charge is -2.33. The Hall–Kier alpha value is -3.39. The molecule has 2 aliphatic rings. The Morgan fingerprint density at radius 3 is 2.61 bits per heavy atom. The second kappa shape index (κ2) is 8.19. The highest BCUT2D eigenvalue weighted by molar-refractivity contribution is 8.01. The van der Waals surface area contributed by atoms with Crippen LogP contribution in [0.2, 0.25) is 0 Å². The lowest BCUT2D eigenvalue weighted by atomic mass is 10.0. The van der Waals surface area contributed by atoms with Crippen molar-refractivity contribution in [2.24, 2.45) is 0 Å². The van der Waals surface area contributed by atoms with Crippen molar-refractivity contribution in [2.75, 3.05) is 22.5 Å². The summed E-state index contributed by atoms with van der Waals surface area (Å²) in [6.07, 6.45) is 0. The first-order valence-corrected chi connectivity index (χ1v) is 11.5. The van der Waals surface area contributed by atoms with Gasteiger partial charge in [0, 0.05) is 23.5 Å². The number of nitrogens with one attached hydrogen (secondary N) is 1. The van der Waals surface area contributed by atoms with Crippen LogP contribution >= 0.6 is 11.8 Å². The van der Waals surface area contributed by atoms with Gasteiger partial charge in [0.2, 0.25) is 0 Å². The molecule has 0 aliphatic carbocycles. The summed E-state index contributed by atoms with van der Waals surface area (Å²) in [7, 11) is 0. The number of nitrogens with zero attached hydrogens (tertiary/aromatic N) is 2. The van der Waals surface area contributed by atoms with Crippen molar-refractivity contribution in [2.45, 2.75) is 18.3 Å². The van der Waals surface area contributed by atoms with Crippen molar-refractivity contribution in [1.82, 2.24) is 4.90 Å². The Labute approximate surface area is 194 Å². The van der Waals surface area contributed by atoms with Crippen LogP contribution in [0.4, 0.5) is 25.0 Å². The number of rotatable bonds is 3. The number of urea groups is 1. The standard InChI is InChI=1S/C25H21F2N3O2S/c1-16-5-10-22-21(13-16)25(23(31)29(22)15-17-6-8-18(26)9-7-17)30(11-12-33-25)24(32)28-20-4-2-3-19(27)14-20/h2-10,13-14H,11-12,15H2,1H3,(H,28,32)/t25-/m0/s1. The molecule has 2 aliphatic heterocycles. The van der Waals surface area contributed by atoms with Crippen LogP contribution in [0, 0.1) is 18.6 Å². The van der Waals surface area contributed by atoms with Gasteiger partial charge in [0.05, 0.1) is 12.2 Å². The summed E-state index contributed by atoms with van der Waals surface area (Å²) < 4.78 is 27.0. The minimum Gasteiger partial charge on any atom is -0.308 e. The number of aryl methyl sites for hydroxylation is 1. The van der Waals surface area contributed by atoms with Crippen LogP contribution < -0.4 is 10.2 Å². The molecule has 3 amide bonds. The minimum atomic E-state index is -1.21. The Kier molecular flexibility index (Phi) is 5.32. The molecule has 1 saturated heterocycles. The van der Waals surface area contributed by atoms with Gasteiger partial charge >= 0.3 is 6.03 Å². The third-order valence-corrected chi connectivity index (χ3v) is 7.34. The van der Waals surface area contributed by atoms with E-state index >= 15 is 0 Å². The fourth-order valence-corrected chi connectivity index (χ4v) is 5.87. The van der Waals surface area contributed by atoms with Gasteiger partial charge in [0.1, 0.15) is 11.6 Å². The molecule has 0 unspecified atom stereocenters. The second-order valence-corrected chi connectivity index (χ2v) is 9.41. The molecule has 0 saturated carbocycles. The summed E-state index contributed by atoms with van der Waals surface area (Å²) in [6.45, 7) is 2.57. The number of carbonyl (C=O) groups excluding carboxylic acids is 2. The lowest BCUT2D eigenvalue weighted by Crippen LogP contribution is -2.51. The first kappa shape index (κ1) is 21.5. The number of carbonyl (C=O) groups is 2. The van der Waals surface area contributed by atoms with Gasteiger partial charge in [-0.25, -0.2) is 13.6 Å². The average molecular weight is 466 g/mol. The molecule has 2 heterocycles. The first-order chi connectivity index (χ1) is 15.9. The molecule has 5 nitrogen and oxygen atoms in total. The number of hydrogen-bond acceptors (Lipinski definition) is 3. The molecule has 1 fully saturated rings. The zero-order valence-electron chi connectivity index (χ0n) is 17.8. The maximum atomic E-state index is 13.9. The summed E-state index contributed by atoms with van der Waals surface area (Å²) in [4.78, 5) is 29.2. The number of hydrogen-bond donors (Lipinski definition) is 1. The molecule has 1 N–H and O–H groups in total. The molecular weight excluding hydrogens is 444 g/mol. The van der Waals surface area contributed by atoms with Crippen LogP contribution in [-0.2, 0) is 16.2 Å². The Balaban J connectivity index is 1.53. The zero-order chi connectivity index (χ0) is 23.2. The van der Waals surface area contributed by atoms with Gasteiger partial charge in [0.25, 0.3) is 5.91 Å². The number of fused-ring (bicyclic) bond motifs is 2. The van der Waals surface area contributed by atoms with E-state index in [2.05, 4.69) is 5.32 Å². The number of halogens is 2. The second-order valence-electron chi connectivity index (χ2n) is 8.12. The summed E-state index contributed by atoms with van der Waals surface area (Å²) in [6, 6.07) is 17.0. The highest BCUT2D eigenvalue weighted by Crippen LogP contribution is 2.54. The van der Waals surface area contributed by atoms with Gasteiger partial charge < -0.3 is 10.2 Å². The molecule has 0 bridgehead atoms. The van der Waals surface area contributed by atoms with E-state index in [9.17, 15) is 18.4 Å². The van der Waals surface area contributed by atoms with Crippen LogP contribution in [-0.4, -0.2) is 29.1 Å². The van der Waals surface area contributed by atoms with Crippen molar-refractivity contribution in [3.05, 3.63) is 95.1 Å². The van der Waals surface area contributed by atoms with E-state index in [0.29, 0.717) is 18.0 Å². The van der Waals surface area contributed by atoms with E-state index in [1.165, 1.54) is 47.0 Å². The van der Waals surface area contributed by atoms with Gasteiger partial charge in [-0.3, -0.25) is 9.69 Å². The lowest BCUT2D eigenvalue weighted by molar-refractivity contribution is -0.123. The van der Waals surface area contributed by atoms with Gasteiger partial charge in [0.15, 0.2) is 4.87 Å². The molecule has 3 aromatic rings. The van der Waals surface area contributed by atoms with Crippen molar-refractivity contribution < 1.29 is 18.4 Å². The summed E-state index contributed by atoms with van der Waals surface area (Å²) in [5.41, 5.74) is 3.57. The third-order valence-electron chi connectivity index (χ3n) is 5.92. The fraction of sp³-hybridized carbons (Fsp3) is 0.200. The molecule has 0 radical (unpaired) electrons. The number of amides is 3. The molecule has 33 heavy (non-hydrogen) atoms. The Morgan fingerprint density at radius 1 is 1.06 bits per heavy atom. The molecule has 168 valence electrons. The fourth-order valence-electron chi connectivity index (χ4n) is 4.42. The summed E-state index contributed by atoms with van der Waals surface area (Å²) in [5.74, 6) is -0.434. The van der Waals surface area contributed by atoms with Crippen LogP contribution in [0.5, 0.6) is 0 Å². The van der Waals surface area contributed by atoms with Gasteiger partial charge in [-0.1, -0.05) is 35.9 Å². The summed E-state index contributed by atoms with van der Waals surface area (Å²) >= 11 is 1.42. The Bertz CT molecular complexity index is 1250. The predicted octanol–water partition coefficient (Wildman–Crippen LogP) is 5.25. The Morgan fingerprint density at radius 2 is 1.85 bits per heavy atom. The normalized spacial score (nSPS) is 19.3. The van der Waals surface area contributed by atoms with Gasteiger partial charge in [-0.2, -0.15) is 0 Å². The zero-order valence-corrected chi connectivity index (χ0v) is 18.7. The average Bonchev–Trinajstić information content (AvgIpc) is 3.32. The molecule has 8 heteroatoms. The van der Waals surface area contributed by atoms with Crippen molar-refractivity contribution in [3.63, 3.8) is 0 Å². The van der Waals surface area contributed by atoms with Crippen molar-refractivity contribution in [3.8, 4) is 0 Å². The van der Waals surface area contributed by atoms with E-state index in [4.69, 9.17) is 0 Å². The molecule has 0 aromatic heterocycles. The SMILES string of the molecule is Cc1ccc2c(c1)[C@]1(SCCN1C(=O)Nc1cccc(F)c1)C(=O)N2Cc1ccc(F)cc1. The maximum absolute atomic E-state index is 13.9. The maximum Gasteiger partial charge on any atom is 0.323 e. The quantitative estimate of drug-likeness (QED) is 0.575. The van der Waals surface area contributed by atoms with Crippen molar-refractivity contribution >= 4 is 35.1 Å². The molecule has 5 rings (SSSR count). The molecule has 3 aromatic carbocycles. The van der Waals surface area contributed by atoms with E-state index in [1.807, 2.05) is 25.1 Å². The largest absolute Gasteiger partial charge is 0.323 e. The van der Waals surface area contributed by atoms with Crippen LogP contribution in [0.1, 0.15) is 16.7 Å². The number of benzene rings is 3. The van der Waals surface area contributed by atoms with Crippen LogP contribution in [0.3, 0.4) is 0 Å². The highest BCUT2D eigenvalue weighted by Gasteiger charge is 2.59. The highest BCUT2D eigenvalue weighted by atomic mass is 32.2. The number of thioether (sulfide) groups is 1. The van der Waals surface area contributed by atoms with Gasteiger partial charge in [-0.15, -0.1) is 11.8 Å². The van der Waals surface area contributed by atoms with Crippen LogP contribution in [0.25, 0.3) is 0 Å². The smallest absolute Gasteiger partial charge is 0.308 e. The summed E-state index contributed by atoms with van der Waals surface area (Å²) in [5, 5.41) is 2.73. The first-order valence-electron chi connectivity index (χ1n) is 10.5. The topological polar surface area (TPSA) is 52.7 Å². The van der Waals surface area contributed by atoms with E-state index in [1.54, 1.807) is 23.1 Å². The predicted molar refractivity (Wildman–Crippen MR) is 125 cm³/mol. The van der Waals surface area contributed by atoms with Gasteiger partial charge in [-0.05, 0) is 48.9 Å². The molecular formula is C25H21F2N3O2S. The van der Waals surface area contributed by atoms with Crippen LogP contribution in [0.15, 0.2) is 66.7 Å². The third kappa shape index (κ3) is 3.64. The molecule has 1 atom stereocenters. The van der Waals surface area contributed by atoms with E-state index in [0.717, 1.165) is 22.4 Å². The van der Waals surface area contributed by atoms with E-state index in [-0.39, 0.29) is 18.3 Å². The van der Waals surface area contributed by atoms with E-state index < -0.39 is 16.7 Å². The number of anilines is 2. The monoisotopic (exact) mass is 465 g/mol. The van der Waals surface area contributed by atoms with Crippen molar-refractivity contribution in [1.29, 1.82) is 0 Å². The molecule has 1 spiro atoms. The minimum absolute atomic E-state index is 0.218.